The van der Waals surface area contributed by atoms with Crippen LogP contribution in [0.2, 0.25) is 5.02 Å². The predicted octanol–water partition coefficient (Wildman–Crippen LogP) is 4.42. The zero-order valence-corrected chi connectivity index (χ0v) is 17.5. The number of halogens is 1. The molecule has 7 heteroatoms. The highest BCUT2D eigenvalue weighted by molar-refractivity contribution is 6.30. The van der Waals surface area contributed by atoms with Gasteiger partial charge in [-0.2, -0.15) is 5.10 Å². The number of esters is 1. The first-order valence-electron chi connectivity index (χ1n) is 9.10. The summed E-state index contributed by atoms with van der Waals surface area (Å²) in [5, 5.41) is 8.03. The van der Waals surface area contributed by atoms with Gasteiger partial charge in [0, 0.05) is 16.3 Å². The van der Waals surface area contributed by atoms with Gasteiger partial charge in [0.2, 0.25) is 5.91 Å². The molecule has 1 aromatic heterocycles. The Hall–Kier alpha value is -3.12. The van der Waals surface area contributed by atoms with E-state index in [-0.39, 0.29) is 12.3 Å². The Morgan fingerprint density at radius 3 is 2.45 bits per heavy atom. The fourth-order valence-electron chi connectivity index (χ4n) is 3.17. The normalized spacial score (nSPS) is 10.7. The van der Waals surface area contributed by atoms with Gasteiger partial charge in [-0.15, -0.1) is 0 Å². The van der Waals surface area contributed by atoms with E-state index < -0.39 is 5.97 Å². The first-order valence-corrected chi connectivity index (χ1v) is 9.47. The number of hydrogen-bond acceptors (Lipinski definition) is 4. The summed E-state index contributed by atoms with van der Waals surface area (Å²) in [5.74, 6) is -0.729. The Kier molecular flexibility index (Phi) is 6.03. The predicted molar refractivity (Wildman–Crippen MR) is 113 cm³/mol. The SMILES string of the molecule is COC(=O)c1cc(C)ccc1NC(=O)Cc1c(C)nn(-c2ccc(Cl)cc2)c1C. The molecule has 0 radical (unpaired) electrons. The van der Waals surface area contributed by atoms with Crippen LogP contribution in [0.4, 0.5) is 5.69 Å². The number of anilines is 1. The van der Waals surface area contributed by atoms with Crippen LogP contribution >= 0.6 is 11.6 Å². The smallest absolute Gasteiger partial charge is 0.339 e. The van der Waals surface area contributed by atoms with Crippen LogP contribution in [-0.4, -0.2) is 28.8 Å². The van der Waals surface area contributed by atoms with E-state index in [9.17, 15) is 9.59 Å². The molecule has 0 bridgehead atoms. The zero-order valence-electron chi connectivity index (χ0n) is 16.7. The third kappa shape index (κ3) is 4.49. The lowest BCUT2D eigenvalue weighted by Crippen LogP contribution is -2.18. The Morgan fingerprint density at radius 1 is 1.10 bits per heavy atom. The molecule has 0 unspecified atom stereocenters. The minimum Gasteiger partial charge on any atom is -0.465 e. The molecule has 0 fully saturated rings. The highest BCUT2D eigenvalue weighted by Gasteiger charge is 2.18. The van der Waals surface area contributed by atoms with Crippen molar-refractivity contribution in [3.8, 4) is 5.69 Å². The quantitative estimate of drug-likeness (QED) is 0.631. The lowest BCUT2D eigenvalue weighted by Gasteiger charge is -2.11. The Labute approximate surface area is 174 Å². The van der Waals surface area contributed by atoms with Gasteiger partial charge in [0.1, 0.15) is 0 Å². The molecular weight excluding hydrogens is 390 g/mol. The molecule has 0 saturated heterocycles. The zero-order chi connectivity index (χ0) is 21.1. The molecule has 0 spiro atoms. The van der Waals surface area contributed by atoms with Gasteiger partial charge in [-0.25, -0.2) is 9.48 Å². The summed E-state index contributed by atoms with van der Waals surface area (Å²) in [6.45, 7) is 5.66. The molecule has 3 aromatic rings. The summed E-state index contributed by atoms with van der Waals surface area (Å²) >= 11 is 5.96. The second-order valence-electron chi connectivity index (χ2n) is 6.80. The molecule has 150 valence electrons. The van der Waals surface area contributed by atoms with Crippen molar-refractivity contribution in [1.29, 1.82) is 0 Å². The highest BCUT2D eigenvalue weighted by Crippen LogP contribution is 2.22. The fourth-order valence-corrected chi connectivity index (χ4v) is 3.29. The Balaban J connectivity index is 1.84. The molecule has 0 aliphatic carbocycles. The van der Waals surface area contributed by atoms with E-state index in [1.54, 1.807) is 28.9 Å². The number of hydrogen-bond donors (Lipinski definition) is 1. The maximum atomic E-state index is 12.7. The van der Waals surface area contributed by atoms with Crippen molar-refractivity contribution in [3.63, 3.8) is 0 Å². The monoisotopic (exact) mass is 411 g/mol. The van der Waals surface area contributed by atoms with Crippen molar-refractivity contribution in [2.24, 2.45) is 0 Å². The molecule has 1 N–H and O–H groups in total. The van der Waals surface area contributed by atoms with Gasteiger partial charge in [0.05, 0.1) is 36.2 Å². The van der Waals surface area contributed by atoms with Crippen LogP contribution in [0.5, 0.6) is 0 Å². The van der Waals surface area contributed by atoms with E-state index >= 15 is 0 Å². The minimum atomic E-state index is -0.494. The average Bonchev–Trinajstić information content (AvgIpc) is 2.97. The summed E-state index contributed by atoms with van der Waals surface area (Å²) in [6, 6.07) is 12.6. The molecule has 0 aliphatic rings. The van der Waals surface area contributed by atoms with E-state index in [0.29, 0.717) is 16.3 Å². The Bertz CT molecular complexity index is 1070. The molecule has 6 nitrogen and oxygen atoms in total. The number of carbonyl (C=O) groups is 2. The standard InChI is InChI=1S/C22H22ClN3O3/c1-13-5-10-20(19(11-13)22(28)29-4)24-21(27)12-18-14(2)25-26(15(18)3)17-8-6-16(23)7-9-17/h5-11H,12H2,1-4H3,(H,24,27). The molecule has 1 amide bonds. The van der Waals surface area contributed by atoms with Crippen LogP contribution in [-0.2, 0) is 16.0 Å². The maximum absolute atomic E-state index is 12.7. The van der Waals surface area contributed by atoms with Crippen LogP contribution in [0.3, 0.4) is 0 Å². The number of carbonyl (C=O) groups excluding carboxylic acids is 2. The Morgan fingerprint density at radius 2 is 1.79 bits per heavy atom. The number of benzene rings is 2. The van der Waals surface area contributed by atoms with Gasteiger partial charge in [-0.3, -0.25) is 4.79 Å². The van der Waals surface area contributed by atoms with Crippen LogP contribution in [0.15, 0.2) is 42.5 Å². The third-order valence-corrected chi connectivity index (χ3v) is 4.96. The number of rotatable bonds is 5. The van der Waals surface area contributed by atoms with Gasteiger partial charge < -0.3 is 10.1 Å². The number of methoxy groups -OCH3 is 1. The molecule has 2 aromatic carbocycles. The van der Waals surface area contributed by atoms with E-state index in [1.165, 1.54) is 7.11 Å². The summed E-state index contributed by atoms with van der Waals surface area (Å²) < 4.78 is 6.61. The number of aromatic nitrogens is 2. The van der Waals surface area contributed by atoms with E-state index in [4.69, 9.17) is 16.3 Å². The number of amides is 1. The number of aryl methyl sites for hydroxylation is 2. The van der Waals surface area contributed by atoms with Gasteiger partial charge in [0.25, 0.3) is 0 Å². The van der Waals surface area contributed by atoms with Crippen molar-refractivity contribution in [1.82, 2.24) is 9.78 Å². The molecular formula is C22H22ClN3O3. The van der Waals surface area contributed by atoms with E-state index in [1.807, 2.05) is 39.0 Å². The summed E-state index contributed by atoms with van der Waals surface area (Å²) in [6.07, 6.45) is 0.139. The van der Waals surface area contributed by atoms with Crippen molar-refractivity contribution < 1.29 is 14.3 Å². The largest absolute Gasteiger partial charge is 0.465 e. The van der Waals surface area contributed by atoms with E-state index in [0.717, 1.165) is 28.2 Å². The van der Waals surface area contributed by atoms with Crippen LogP contribution in [0.1, 0.15) is 32.9 Å². The molecule has 29 heavy (non-hydrogen) atoms. The first kappa shape index (κ1) is 20.6. The van der Waals surface area contributed by atoms with Gasteiger partial charge >= 0.3 is 5.97 Å². The third-order valence-electron chi connectivity index (χ3n) is 4.70. The van der Waals surface area contributed by atoms with Gasteiger partial charge in [0.15, 0.2) is 0 Å². The van der Waals surface area contributed by atoms with Gasteiger partial charge in [-0.05, 0) is 57.2 Å². The highest BCUT2D eigenvalue weighted by atomic mass is 35.5. The van der Waals surface area contributed by atoms with Crippen molar-refractivity contribution in [2.45, 2.75) is 27.2 Å². The average molecular weight is 412 g/mol. The van der Waals surface area contributed by atoms with Crippen LogP contribution in [0.25, 0.3) is 5.69 Å². The molecule has 0 aliphatic heterocycles. The number of ether oxygens (including phenoxy) is 1. The van der Waals surface area contributed by atoms with Crippen LogP contribution < -0.4 is 5.32 Å². The second-order valence-corrected chi connectivity index (χ2v) is 7.24. The molecule has 0 saturated carbocycles. The van der Waals surface area contributed by atoms with E-state index in [2.05, 4.69) is 10.4 Å². The minimum absolute atomic E-state index is 0.139. The van der Waals surface area contributed by atoms with Gasteiger partial charge in [-0.1, -0.05) is 23.2 Å². The number of nitrogens with one attached hydrogen (secondary N) is 1. The topological polar surface area (TPSA) is 73.2 Å². The molecule has 0 atom stereocenters. The van der Waals surface area contributed by atoms with Crippen molar-refractivity contribution in [2.75, 3.05) is 12.4 Å². The lowest BCUT2D eigenvalue weighted by molar-refractivity contribution is -0.115. The summed E-state index contributed by atoms with van der Waals surface area (Å²) in [4.78, 5) is 24.7. The molecule has 1 heterocycles. The maximum Gasteiger partial charge on any atom is 0.339 e. The summed E-state index contributed by atoms with van der Waals surface area (Å²) in [5.41, 5.74) is 5.00. The lowest BCUT2D eigenvalue weighted by atomic mass is 10.1. The second kappa shape index (κ2) is 8.49. The first-order chi connectivity index (χ1) is 13.8. The fraction of sp³-hybridized carbons (Fsp3) is 0.227. The van der Waals surface area contributed by atoms with Crippen molar-refractivity contribution >= 4 is 29.2 Å². The van der Waals surface area contributed by atoms with Crippen molar-refractivity contribution in [3.05, 3.63) is 75.6 Å². The number of nitrogens with zero attached hydrogens (tertiary/aromatic N) is 2. The summed E-state index contributed by atoms with van der Waals surface area (Å²) in [7, 11) is 1.31. The molecule has 3 rings (SSSR count). The van der Waals surface area contributed by atoms with Crippen LogP contribution in [0, 0.1) is 20.8 Å².